The van der Waals surface area contributed by atoms with E-state index in [-0.39, 0.29) is 17.6 Å². The molecule has 2 amide bonds. The van der Waals surface area contributed by atoms with Crippen LogP contribution < -0.4 is 16.0 Å². The van der Waals surface area contributed by atoms with Crippen LogP contribution in [-0.4, -0.2) is 45.9 Å². The van der Waals surface area contributed by atoms with Gasteiger partial charge in [0.1, 0.15) is 6.04 Å². The first-order valence-electron chi connectivity index (χ1n) is 12.6. The Bertz CT molecular complexity index is 1360. The monoisotopic (exact) mass is 501 g/mol. The summed E-state index contributed by atoms with van der Waals surface area (Å²) in [5.41, 5.74) is 11.0. The number of nitrogens with zero attached hydrogens (tertiary/aromatic N) is 3. The number of nitrogens with two attached hydrogens (primary N) is 1. The van der Waals surface area contributed by atoms with Crippen molar-refractivity contribution in [1.82, 2.24) is 15.5 Å². The molecule has 2 aromatic carbocycles. The molecule has 3 heterocycles. The predicted octanol–water partition coefficient (Wildman–Crippen LogP) is 2.52. The van der Waals surface area contributed by atoms with Gasteiger partial charge >= 0.3 is 0 Å². The van der Waals surface area contributed by atoms with Crippen molar-refractivity contribution in [2.24, 2.45) is 11.7 Å². The molecule has 0 saturated heterocycles. The summed E-state index contributed by atoms with van der Waals surface area (Å²) in [6.45, 7) is 5.68. The molecule has 0 radical (unpaired) electrons. The second-order valence-corrected chi connectivity index (χ2v) is 10.3. The van der Waals surface area contributed by atoms with E-state index in [1.54, 1.807) is 0 Å². The van der Waals surface area contributed by atoms with Crippen molar-refractivity contribution in [2.45, 2.75) is 64.6 Å². The number of anilines is 1. The first-order valence-corrected chi connectivity index (χ1v) is 12.6. The molecular formula is C28H31N5O4. The van der Waals surface area contributed by atoms with Crippen LogP contribution in [0.1, 0.15) is 59.0 Å². The van der Waals surface area contributed by atoms with Crippen LogP contribution in [-0.2, 0) is 28.9 Å². The molecule has 0 spiro atoms. The van der Waals surface area contributed by atoms with E-state index < -0.39 is 29.8 Å². The molecule has 192 valence electrons. The van der Waals surface area contributed by atoms with Crippen LogP contribution >= 0.6 is 0 Å². The number of benzene rings is 2. The summed E-state index contributed by atoms with van der Waals surface area (Å²) in [6.07, 6.45) is 1.97. The van der Waals surface area contributed by atoms with E-state index >= 15 is 0 Å². The molecule has 2 unspecified atom stereocenters. The summed E-state index contributed by atoms with van der Waals surface area (Å²) in [6, 6.07) is 11.4. The fraction of sp³-hybridized carbons (Fsp3) is 0.393. The minimum absolute atomic E-state index is 0.0773. The van der Waals surface area contributed by atoms with Gasteiger partial charge in [0.25, 0.3) is 0 Å². The molecule has 9 heteroatoms. The van der Waals surface area contributed by atoms with E-state index in [0.717, 1.165) is 27.9 Å². The van der Waals surface area contributed by atoms with Crippen LogP contribution in [0.2, 0.25) is 0 Å². The minimum atomic E-state index is -0.879. The van der Waals surface area contributed by atoms with Gasteiger partial charge in [0.05, 0.1) is 24.2 Å². The first-order chi connectivity index (χ1) is 17.7. The lowest BCUT2D eigenvalue weighted by molar-refractivity contribution is -0.127. The summed E-state index contributed by atoms with van der Waals surface area (Å²) >= 11 is 0. The standard InChI is InChI=1S/C28H31N5O4/c1-15(2)23(25(34)26-30-22(37-32-26)13-17-7-4-6-16(3)12-17)31-27(35)21-14-19-9-5-8-18-10-11-20(29)28(36)33(21)24(18)19/h4-9,12,15,20-21,23H,10-11,13-14,29H2,1-3H3,(H,31,35)/t20?,21-,23?/m0/s1. The molecule has 0 fully saturated rings. The van der Waals surface area contributed by atoms with Crippen molar-refractivity contribution in [1.29, 1.82) is 0 Å². The summed E-state index contributed by atoms with van der Waals surface area (Å²) < 4.78 is 5.34. The first kappa shape index (κ1) is 24.8. The maximum Gasteiger partial charge on any atom is 0.244 e. The van der Waals surface area contributed by atoms with Gasteiger partial charge in [-0.05, 0) is 42.4 Å². The van der Waals surface area contributed by atoms with Gasteiger partial charge < -0.3 is 15.6 Å². The largest absolute Gasteiger partial charge is 0.344 e. The molecule has 0 bridgehead atoms. The Morgan fingerprint density at radius 2 is 1.95 bits per heavy atom. The molecule has 9 nitrogen and oxygen atoms in total. The molecular weight excluding hydrogens is 470 g/mol. The quantitative estimate of drug-likeness (QED) is 0.476. The Kier molecular flexibility index (Phi) is 6.64. The molecule has 37 heavy (non-hydrogen) atoms. The molecule has 1 aromatic heterocycles. The molecule has 5 rings (SSSR count). The van der Waals surface area contributed by atoms with Crippen LogP contribution in [0, 0.1) is 12.8 Å². The number of aryl methyl sites for hydroxylation is 2. The maximum absolute atomic E-state index is 13.5. The van der Waals surface area contributed by atoms with Gasteiger partial charge in [0.15, 0.2) is 0 Å². The number of rotatable bonds is 7. The Labute approximate surface area is 215 Å². The van der Waals surface area contributed by atoms with Crippen molar-refractivity contribution in [3.8, 4) is 0 Å². The zero-order valence-electron chi connectivity index (χ0n) is 21.2. The average Bonchev–Trinajstić information content (AvgIpc) is 3.46. The molecule has 3 N–H and O–H groups in total. The smallest absolute Gasteiger partial charge is 0.244 e. The van der Waals surface area contributed by atoms with E-state index in [1.807, 2.05) is 63.2 Å². The number of carbonyl (C=O) groups excluding carboxylic acids is 3. The van der Waals surface area contributed by atoms with Gasteiger partial charge in [-0.3, -0.25) is 19.3 Å². The third-order valence-electron chi connectivity index (χ3n) is 7.12. The SMILES string of the molecule is Cc1cccc(Cc2nc(C(=O)C(NC(=O)[C@@H]3Cc4cccc5c4N3C(=O)C(N)CC5)C(C)C)no2)c1. The van der Waals surface area contributed by atoms with Gasteiger partial charge in [-0.15, -0.1) is 0 Å². The Morgan fingerprint density at radius 3 is 2.70 bits per heavy atom. The van der Waals surface area contributed by atoms with E-state index in [1.165, 1.54) is 4.90 Å². The van der Waals surface area contributed by atoms with Crippen molar-refractivity contribution in [3.63, 3.8) is 0 Å². The summed E-state index contributed by atoms with van der Waals surface area (Å²) in [5.74, 6) is -1.10. The highest BCUT2D eigenvalue weighted by molar-refractivity contribution is 6.08. The highest BCUT2D eigenvalue weighted by atomic mass is 16.5. The van der Waals surface area contributed by atoms with Crippen LogP contribution in [0.4, 0.5) is 5.69 Å². The van der Waals surface area contributed by atoms with Crippen LogP contribution in [0.5, 0.6) is 0 Å². The number of aromatic nitrogens is 2. The van der Waals surface area contributed by atoms with E-state index in [4.69, 9.17) is 10.3 Å². The minimum Gasteiger partial charge on any atom is -0.344 e. The summed E-state index contributed by atoms with van der Waals surface area (Å²) in [4.78, 5) is 45.9. The third kappa shape index (κ3) is 4.79. The number of hydrogen-bond donors (Lipinski definition) is 2. The molecule has 3 aromatic rings. The normalized spacial score (nSPS) is 19.5. The van der Waals surface area contributed by atoms with Gasteiger partial charge in [-0.2, -0.15) is 4.98 Å². The second-order valence-electron chi connectivity index (χ2n) is 10.3. The Morgan fingerprint density at radius 1 is 1.19 bits per heavy atom. The molecule has 2 aliphatic heterocycles. The average molecular weight is 502 g/mol. The molecule has 0 aliphatic carbocycles. The third-order valence-corrected chi connectivity index (χ3v) is 7.12. The molecule has 2 aliphatic rings. The van der Waals surface area contributed by atoms with Crippen molar-refractivity contribution in [2.75, 3.05) is 4.90 Å². The second kappa shape index (κ2) is 9.89. The Balaban J connectivity index is 1.34. The van der Waals surface area contributed by atoms with E-state index in [9.17, 15) is 14.4 Å². The van der Waals surface area contributed by atoms with Gasteiger partial charge in [0.2, 0.25) is 29.3 Å². The van der Waals surface area contributed by atoms with E-state index in [0.29, 0.717) is 31.6 Å². The number of para-hydroxylation sites is 1. The Hall–Kier alpha value is -3.85. The van der Waals surface area contributed by atoms with Crippen LogP contribution in [0.15, 0.2) is 47.0 Å². The maximum atomic E-state index is 13.5. The van der Waals surface area contributed by atoms with Crippen LogP contribution in [0.25, 0.3) is 0 Å². The number of amides is 2. The fourth-order valence-electron chi connectivity index (χ4n) is 5.21. The predicted molar refractivity (Wildman–Crippen MR) is 137 cm³/mol. The summed E-state index contributed by atoms with van der Waals surface area (Å²) in [7, 11) is 0. The number of hydrogen-bond acceptors (Lipinski definition) is 7. The highest BCUT2D eigenvalue weighted by Gasteiger charge is 2.44. The topological polar surface area (TPSA) is 131 Å². The van der Waals surface area contributed by atoms with E-state index in [2.05, 4.69) is 15.5 Å². The van der Waals surface area contributed by atoms with Crippen LogP contribution in [0.3, 0.4) is 0 Å². The lowest BCUT2D eigenvalue weighted by Crippen LogP contribution is -2.56. The highest BCUT2D eigenvalue weighted by Crippen LogP contribution is 2.38. The van der Waals surface area contributed by atoms with Crippen molar-refractivity contribution >= 4 is 23.3 Å². The fourth-order valence-corrected chi connectivity index (χ4v) is 5.21. The summed E-state index contributed by atoms with van der Waals surface area (Å²) in [5, 5.41) is 6.77. The zero-order valence-corrected chi connectivity index (χ0v) is 21.2. The number of ketones is 1. The molecule has 3 atom stereocenters. The lowest BCUT2D eigenvalue weighted by Gasteiger charge is -2.28. The molecule has 0 saturated carbocycles. The lowest BCUT2D eigenvalue weighted by atomic mass is 9.98. The number of Topliss-reactive ketones (excluding diaryl/α,β-unsaturated/α-hetero) is 1. The van der Waals surface area contributed by atoms with Crippen molar-refractivity contribution < 1.29 is 18.9 Å². The number of carbonyl (C=O) groups is 3. The van der Waals surface area contributed by atoms with Gasteiger partial charge in [0, 0.05) is 6.42 Å². The van der Waals surface area contributed by atoms with Gasteiger partial charge in [-0.1, -0.05) is 67.0 Å². The zero-order chi connectivity index (χ0) is 26.3. The van der Waals surface area contributed by atoms with Gasteiger partial charge in [-0.25, -0.2) is 0 Å². The number of nitrogens with one attached hydrogen (secondary N) is 1. The van der Waals surface area contributed by atoms with Crippen molar-refractivity contribution in [3.05, 3.63) is 76.4 Å².